The van der Waals surface area contributed by atoms with E-state index in [-0.39, 0.29) is 0 Å². The molecule has 0 bridgehead atoms. The molecule has 0 aliphatic rings. The zero-order valence-electron chi connectivity index (χ0n) is 14.9. The zero-order chi connectivity index (χ0) is 19.8. The number of benzene rings is 2. The van der Waals surface area contributed by atoms with E-state index in [1.807, 2.05) is 31.2 Å². The zero-order valence-corrected chi connectivity index (χ0v) is 18.0. The average molecular weight is 451 g/mol. The van der Waals surface area contributed by atoms with Crippen molar-refractivity contribution < 1.29 is 4.74 Å². The van der Waals surface area contributed by atoms with E-state index in [9.17, 15) is 0 Å². The van der Waals surface area contributed by atoms with E-state index in [4.69, 9.17) is 39.5 Å². The second kappa shape index (κ2) is 7.76. The molecule has 0 unspecified atom stereocenters. The van der Waals surface area contributed by atoms with Gasteiger partial charge in [-0.2, -0.15) is 0 Å². The summed E-state index contributed by atoms with van der Waals surface area (Å²) >= 11 is 20.1. The molecule has 0 fully saturated rings. The fourth-order valence-corrected chi connectivity index (χ4v) is 4.45. The fourth-order valence-electron chi connectivity index (χ4n) is 2.87. The Kier molecular flexibility index (Phi) is 5.34. The Bertz CT molecular complexity index is 1180. The van der Waals surface area contributed by atoms with E-state index in [0.717, 1.165) is 27.1 Å². The van der Waals surface area contributed by atoms with Crippen LogP contribution < -0.4 is 10.1 Å². The molecule has 0 amide bonds. The van der Waals surface area contributed by atoms with Gasteiger partial charge in [-0.25, -0.2) is 9.97 Å². The minimum absolute atomic E-state index is 0.399. The Morgan fingerprint density at radius 2 is 1.68 bits per heavy atom. The first kappa shape index (κ1) is 19.3. The second-order valence-corrected chi connectivity index (χ2v) is 8.13. The van der Waals surface area contributed by atoms with Gasteiger partial charge in [0.2, 0.25) is 0 Å². The highest BCUT2D eigenvalue weighted by Gasteiger charge is 2.16. The summed E-state index contributed by atoms with van der Waals surface area (Å²) in [6.07, 6.45) is 0. The van der Waals surface area contributed by atoms with Crippen LogP contribution in [-0.4, -0.2) is 17.1 Å². The first-order valence-electron chi connectivity index (χ1n) is 8.28. The van der Waals surface area contributed by atoms with Gasteiger partial charge in [-0.15, -0.1) is 11.3 Å². The fraction of sp³-hybridized carbons (Fsp3) is 0.100. The third-order valence-electron chi connectivity index (χ3n) is 4.21. The molecule has 4 aromatic rings. The van der Waals surface area contributed by atoms with E-state index < -0.39 is 0 Å². The van der Waals surface area contributed by atoms with E-state index >= 15 is 0 Å². The molecule has 0 radical (unpaired) electrons. The van der Waals surface area contributed by atoms with E-state index in [2.05, 4.69) is 20.7 Å². The maximum Gasteiger partial charge on any atom is 0.143 e. The summed E-state index contributed by atoms with van der Waals surface area (Å²) in [5, 5.41) is 7.56. The van der Waals surface area contributed by atoms with E-state index in [0.29, 0.717) is 32.4 Å². The van der Waals surface area contributed by atoms with Crippen LogP contribution in [0.2, 0.25) is 15.1 Å². The predicted octanol–water partition coefficient (Wildman–Crippen LogP) is 7.38. The number of aryl methyl sites for hydroxylation is 1. The maximum atomic E-state index is 6.35. The molecule has 0 atom stereocenters. The molecule has 0 saturated carbocycles. The van der Waals surface area contributed by atoms with Crippen LogP contribution in [0.5, 0.6) is 5.75 Å². The molecule has 0 aliphatic heterocycles. The molecule has 2 heterocycles. The van der Waals surface area contributed by atoms with Crippen LogP contribution in [0.4, 0.5) is 11.5 Å². The van der Waals surface area contributed by atoms with Crippen molar-refractivity contribution in [2.24, 2.45) is 0 Å². The summed E-state index contributed by atoms with van der Waals surface area (Å²) in [7, 11) is 1.65. The van der Waals surface area contributed by atoms with Crippen molar-refractivity contribution in [2.45, 2.75) is 6.92 Å². The minimum Gasteiger partial charge on any atom is -0.497 e. The number of thiophene rings is 1. The normalized spacial score (nSPS) is 11.0. The first-order valence-corrected chi connectivity index (χ1v) is 10.3. The van der Waals surface area contributed by atoms with Gasteiger partial charge in [0.15, 0.2) is 0 Å². The van der Waals surface area contributed by atoms with Crippen molar-refractivity contribution in [3.8, 4) is 16.9 Å². The number of rotatable bonds is 4. The van der Waals surface area contributed by atoms with Crippen LogP contribution in [0.3, 0.4) is 0 Å². The Labute approximate surface area is 181 Å². The third kappa shape index (κ3) is 3.63. The SMILES string of the molecule is COc1ccc(-c2csc3nc(C)nc(Nc4cc(Cl)c(Cl)cc4Cl)c23)cc1. The maximum absolute atomic E-state index is 6.35. The van der Waals surface area contributed by atoms with Gasteiger partial charge in [-0.1, -0.05) is 46.9 Å². The molecule has 1 N–H and O–H groups in total. The van der Waals surface area contributed by atoms with Gasteiger partial charge in [0.25, 0.3) is 0 Å². The summed E-state index contributed by atoms with van der Waals surface area (Å²) in [6, 6.07) is 11.2. The third-order valence-corrected chi connectivity index (χ3v) is 6.12. The lowest BCUT2D eigenvalue weighted by Gasteiger charge is -2.12. The highest BCUT2D eigenvalue weighted by molar-refractivity contribution is 7.17. The van der Waals surface area contributed by atoms with Gasteiger partial charge in [-0.05, 0) is 36.8 Å². The van der Waals surface area contributed by atoms with Crippen molar-refractivity contribution >= 4 is 67.9 Å². The lowest BCUT2D eigenvalue weighted by Crippen LogP contribution is -1.99. The van der Waals surface area contributed by atoms with Crippen LogP contribution in [0.1, 0.15) is 5.82 Å². The molecule has 28 heavy (non-hydrogen) atoms. The van der Waals surface area contributed by atoms with Gasteiger partial charge >= 0.3 is 0 Å². The second-order valence-electron chi connectivity index (χ2n) is 6.05. The number of fused-ring (bicyclic) bond motifs is 1. The molecule has 0 aliphatic carbocycles. The molecule has 2 aromatic carbocycles. The standard InChI is InChI=1S/C20H14Cl3N3OS/c1-10-24-19(26-17-8-15(22)14(21)7-16(17)23)18-13(9-28-20(18)25-10)11-3-5-12(27-2)6-4-11/h3-9H,1-2H3,(H,24,25,26). The highest BCUT2D eigenvalue weighted by Crippen LogP contribution is 2.40. The number of nitrogens with zero attached hydrogens (tertiary/aromatic N) is 2. The Morgan fingerprint density at radius 3 is 2.39 bits per heavy atom. The summed E-state index contributed by atoms with van der Waals surface area (Å²) in [4.78, 5) is 10.1. The van der Waals surface area contributed by atoms with Crippen LogP contribution in [0, 0.1) is 6.92 Å². The van der Waals surface area contributed by atoms with Crippen molar-refractivity contribution in [2.75, 3.05) is 12.4 Å². The van der Waals surface area contributed by atoms with Gasteiger partial charge in [-0.3, -0.25) is 0 Å². The molecule has 0 saturated heterocycles. The highest BCUT2D eigenvalue weighted by atomic mass is 35.5. The lowest BCUT2D eigenvalue weighted by molar-refractivity contribution is 0.415. The Hall–Kier alpha value is -2.05. The van der Waals surface area contributed by atoms with Crippen LogP contribution >= 0.6 is 46.1 Å². The largest absolute Gasteiger partial charge is 0.497 e. The smallest absolute Gasteiger partial charge is 0.143 e. The summed E-state index contributed by atoms with van der Waals surface area (Å²) in [5.74, 6) is 2.13. The molecule has 2 aromatic heterocycles. The lowest BCUT2D eigenvalue weighted by atomic mass is 10.1. The summed E-state index contributed by atoms with van der Waals surface area (Å²) in [6.45, 7) is 1.86. The van der Waals surface area contributed by atoms with E-state index in [1.165, 1.54) is 0 Å². The summed E-state index contributed by atoms with van der Waals surface area (Å²) < 4.78 is 5.25. The van der Waals surface area contributed by atoms with Gasteiger partial charge in [0, 0.05) is 10.9 Å². The van der Waals surface area contributed by atoms with Gasteiger partial charge in [0.1, 0.15) is 22.2 Å². The van der Waals surface area contributed by atoms with Crippen molar-refractivity contribution in [3.05, 3.63) is 62.7 Å². The summed E-state index contributed by atoms with van der Waals surface area (Å²) in [5.41, 5.74) is 2.70. The van der Waals surface area contributed by atoms with Gasteiger partial charge in [0.05, 0.1) is 33.3 Å². The monoisotopic (exact) mass is 449 g/mol. The number of anilines is 2. The number of nitrogens with one attached hydrogen (secondary N) is 1. The Balaban J connectivity index is 1.86. The van der Waals surface area contributed by atoms with Gasteiger partial charge < -0.3 is 10.1 Å². The van der Waals surface area contributed by atoms with Crippen molar-refractivity contribution in [1.29, 1.82) is 0 Å². The molecule has 4 rings (SSSR count). The minimum atomic E-state index is 0.399. The molecule has 8 heteroatoms. The number of hydrogen-bond acceptors (Lipinski definition) is 5. The number of halogens is 3. The quantitative estimate of drug-likeness (QED) is 0.329. The Morgan fingerprint density at radius 1 is 0.964 bits per heavy atom. The van der Waals surface area contributed by atoms with Crippen molar-refractivity contribution in [3.63, 3.8) is 0 Å². The average Bonchev–Trinajstić information content (AvgIpc) is 3.10. The number of hydrogen-bond donors (Lipinski definition) is 1. The number of methoxy groups -OCH3 is 1. The predicted molar refractivity (Wildman–Crippen MR) is 119 cm³/mol. The molecular formula is C20H14Cl3N3OS. The topological polar surface area (TPSA) is 47.0 Å². The molecular weight excluding hydrogens is 437 g/mol. The van der Waals surface area contributed by atoms with Crippen LogP contribution in [-0.2, 0) is 0 Å². The molecule has 0 spiro atoms. The molecule has 142 valence electrons. The van der Waals surface area contributed by atoms with Crippen LogP contribution in [0.25, 0.3) is 21.3 Å². The first-order chi connectivity index (χ1) is 13.5. The molecule has 4 nitrogen and oxygen atoms in total. The van der Waals surface area contributed by atoms with Crippen LogP contribution in [0.15, 0.2) is 41.8 Å². The van der Waals surface area contributed by atoms with E-state index in [1.54, 1.807) is 30.6 Å². The van der Waals surface area contributed by atoms with Crippen molar-refractivity contribution in [1.82, 2.24) is 9.97 Å². The number of ether oxygens (including phenoxy) is 1. The number of aromatic nitrogens is 2.